The highest BCUT2D eigenvalue weighted by molar-refractivity contribution is 7.89. The highest BCUT2D eigenvalue weighted by Gasteiger charge is 2.30. The summed E-state index contributed by atoms with van der Waals surface area (Å²) in [6, 6.07) is 0. The van der Waals surface area contributed by atoms with Gasteiger partial charge in [-0.25, -0.2) is 12.8 Å². The average Bonchev–Trinajstić information content (AvgIpc) is 2.65. The zero-order valence-electron chi connectivity index (χ0n) is 9.00. The monoisotopic (exact) mass is 247 g/mol. The van der Waals surface area contributed by atoms with Crippen molar-refractivity contribution in [1.29, 1.82) is 0 Å². The van der Waals surface area contributed by atoms with E-state index in [1.165, 1.54) is 21.4 Å². The molecule has 2 heterocycles. The fourth-order valence-electron chi connectivity index (χ4n) is 1.79. The zero-order chi connectivity index (χ0) is 11.8. The van der Waals surface area contributed by atoms with E-state index in [-0.39, 0.29) is 11.4 Å². The van der Waals surface area contributed by atoms with Gasteiger partial charge in [-0.15, -0.1) is 0 Å². The van der Waals surface area contributed by atoms with Gasteiger partial charge in [0, 0.05) is 26.3 Å². The van der Waals surface area contributed by atoms with Crippen LogP contribution in [0.5, 0.6) is 0 Å². The van der Waals surface area contributed by atoms with Gasteiger partial charge in [0.05, 0.1) is 6.20 Å². The Morgan fingerprint density at radius 2 is 2.31 bits per heavy atom. The van der Waals surface area contributed by atoms with Crippen molar-refractivity contribution < 1.29 is 12.8 Å². The summed E-state index contributed by atoms with van der Waals surface area (Å²) in [4.78, 5) is 0.129. The molecule has 1 fully saturated rings. The van der Waals surface area contributed by atoms with Crippen molar-refractivity contribution in [3.05, 3.63) is 12.4 Å². The Morgan fingerprint density at radius 1 is 1.56 bits per heavy atom. The van der Waals surface area contributed by atoms with E-state index in [0.29, 0.717) is 19.4 Å². The number of alkyl halides is 1. The lowest BCUT2D eigenvalue weighted by Gasteiger charge is -2.27. The lowest BCUT2D eigenvalue weighted by atomic mass is 10.1. The second-order valence-corrected chi connectivity index (χ2v) is 5.89. The number of halogens is 1. The molecule has 0 spiro atoms. The summed E-state index contributed by atoms with van der Waals surface area (Å²) in [6.45, 7) is 0.342. The topological polar surface area (TPSA) is 55.2 Å². The highest BCUT2D eigenvalue weighted by atomic mass is 32.2. The maximum absolute atomic E-state index is 13.2. The van der Waals surface area contributed by atoms with Crippen LogP contribution in [0.2, 0.25) is 0 Å². The van der Waals surface area contributed by atoms with E-state index in [1.807, 2.05) is 0 Å². The van der Waals surface area contributed by atoms with Crippen LogP contribution in [-0.2, 0) is 17.1 Å². The molecule has 1 aromatic heterocycles. The van der Waals surface area contributed by atoms with Crippen molar-refractivity contribution in [2.75, 3.05) is 13.1 Å². The molecule has 5 nitrogen and oxygen atoms in total. The Hall–Kier alpha value is -0.950. The normalized spacial score (nSPS) is 23.5. The highest BCUT2D eigenvalue weighted by Crippen LogP contribution is 2.21. The van der Waals surface area contributed by atoms with Crippen LogP contribution in [0.4, 0.5) is 4.39 Å². The fraction of sp³-hybridized carbons (Fsp3) is 0.667. The minimum Gasteiger partial charge on any atom is -0.274 e. The van der Waals surface area contributed by atoms with Gasteiger partial charge < -0.3 is 0 Å². The SMILES string of the molecule is Cn1cc(S(=O)(=O)N2CCC[C@H](F)C2)cn1. The second-order valence-electron chi connectivity index (χ2n) is 3.95. The van der Waals surface area contributed by atoms with Crippen molar-refractivity contribution in [2.45, 2.75) is 23.9 Å². The summed E-state index contributed by atoms with van der Waals surface area (Å²) >= 11 is 0. The molecule has 7 heteroatoms. The third-order valence-electron chi connectivity index (χ3n) is 2.65. The minimum atomic E-state index is -3.56. The molecule has 0 radical (unpaired) electrons. The number of aryl methyl sites for hydroxylation is 1. The lowest BCUT2D eigenvalue weighted by molar-refractivity contribution is 0.203. The molecule has 1 aliphatic heterocycles. The number of piperidine rings is 1. The molecular formula is C9H14FN3O2S. The van der Waals surface area contributed by atoms with Gasteiger partial charge >= 0.3 is 0 Å². The average molecular weight is 247 g/mol. The number of nitrogens with zero attached hydrogens (tertiary/aromatic N) is 3. The first kappa shape index (κ1) is 11.5. The Bertz CT molecular complexity index is 471. The number of sulfonamides is 1. The standard InChI is InChI=1S/C9H14FN3O2S/c1-12-7-9(5-11-12)16(14,15)13-4-2-3-8(10)6-13/h5,7-8H,2-4,6H2,1H3/t8-/m0/s1. The molecule has 0 amide bonds. The van der Waals surface area contributed by atoms with Crippen molar-refractivity contribution in [1.82, 2.24) is 14.1 Å². The largest absolute Gasteiger partial charge is 0.274 e. The summed E-state index contributed by atoms with van der Waals surface area (Å²) in [7, 11) is -1.92. The van der Waals surface area contributed by atoms with Crippen LogP contribution in [0.15, 0.2) is 17.3 Å². The van der Waals surface area contributed by atoms with Crippen molar-refractivity contribution in [2.24, 2.45) is 7.05 Å². The summed E-state index contributed by atoms with van der Waals surface area (Å²) in [6.07, 6.45) is 2.67. The molecule has 1 aromatic rings. The third-order valence-corrected chi connectivity index (χ3v) is 4.46. The Balaban J connectivity index is 2.25. The maximum atomic E-state index is 13.2. The van der Waals surface area contributed by atoms with E-state index >= 15 is 0 Å². The molecule has 1 aliphatic rings. The summed E-state index contributed by atoms with van der Waals surface area (Å²) in [5.74, 6) is 0. The van der Waals surface area contributed by atoms with E-state index < -0.39 is 16.2 Å². The van der Waals surface area contributed by atoms with Gasteiger partial charge in [0.1, 0.15) is 11.1 Å². The predicted molar refractivity (Wildman–Crippen MR) is 56.1 cm³/mol. The van der Waals surface area contributed by atoms with Crippen molar-refractivity contribution in [3.63, 3.8) is 0 Å². The van der Waals surface area contributed by atoms with Crippen LogP contribution in [0, 0.1) is 0 Å². The van der Waals surface area contributed by atoms with E-state index in [0.717, 1.165) is 0 Å². The van der Waals surface area contributed by atoms with Crippen LogP contribution >= 0.6 is 0 Å². The first-order valence-corrected chi connectivity index (χ1v) is 6.57. The van der Waals surface area contributed by atoms with Crippen LogP contribution in [0.1, 0.15) is 12.8 Å². The molecule has 1 atom stereocenters. The predicted octanol–water partition coefficient (Wildman–Crippen LogP) is 0.543. The zero-order valence-corrected chi connectivity index (χ0v) is 9.82. The van der Waals surface area contributed by atoms with E-state index in [9.17, 15) is 12.8 Å². The van der Waals surface area contributed by atoms with Gasteiger partial charge in [-0.3, -0.25) is 4.68 Å². The number of hydrogen-bond acceptors (Lipinski definition) is 3. The molecular weight excluding hydrogens is 233 g/mol. The lowest BCUT2D eigenvalue weighted by Crippen LogP contribution is -2.40. The van der Waals surface area contributed by atoms with Gasteiger partial charge in [0.25, 0.3) is 0 Å². The molecule has 0 aliphatic carbocycles. The second kappa shape index (κ2) is 4.14. The fourth-order valence-corrected chi connectivity index (χ4v) is 3.28. The van der Waals surface area contributed by atoms with Gasteiger partial charge in [-0.2, -0.15) is 9.40 Å². The van der Waals surface area contributed by atoms with Crippen LogP contribution in [-0.4, -0.2) is 41.8 Å². The van der Waals surface area contributed by atoms with Gasteiger partial charge in [-0.05, 0) is 12.8 Å². The van der Waals surface area contributed by atoms with E-state index in [2.05, 4.69) is 5.10 Å². The number of hydrogen-bond donors (Lipinski definition) is 0. The first-order chi connectivity index (χ1) is 7.50. The summed E-state index contributed by atoms with van der Waals surface area (Å²) in [5.41, 5.74) is 0. The Morgan fingerprint density at radius 3 is 2.88 bits per heavy atom. The molecule has 90 valence electrons. The van der Waals surface area contributed by atoms with Crippen molar-refractivity contribution in [3.8, 4) is 0 Å². The quantitative estimate of drug-likeness (QED) is 0.766. The van der Waals surface area contributed by atoms with Crippen LogP contribution in [0.3, 0.4) is 0 Å². The molecule has 1 saturated heterocycles. The maximum Gasteiger partial charge on any atom is 0.246 e. The molecule has 0 unspecified atom stereocenters. The molecule has 0 bridgehead atoms. The molecule has 0 aromatic carbocycles. The minimum absolute atomic E-state index is 0.0444. The molecule has 0 saturated carbocycles. The third kappa shape index (κ3) is 2.10. The van der Waals surface area contributed by atoms with Gasteiger partial charge in [-0.1, -0.05) is 0 Å². The van der Waals surface area contributed by atoms with Crippen LogP contribution in [0.25, 0.3) is 0 Å². The number of aromatic nitrogens is 2. The first-order valence-electron chi connectivity index (χ1n) is 5.13. The van der Waals surface area contributed by atoms with E-state index in [4.69, 9.17) is 0 Å². The van der Waals surface area contributed by atoms with Gasteiger partial charge in [0.15, 0.2) is 0 Å². The van der Waals surface area contributed by atoms with Crippen LogP contribution < -0.4 is 0 Å². The smallest absolute Gasteiger partial charge is 0.246 e. The number of rotatable bonds is 2. The molecule has 16 heavy (non-hydrogen) atoms. The molecule has 2 rings (SSSR count). The summed E-state index contributed by atoms with van der Waals surface area (Å²) in [5, 5.41) is 3.81. The van der Waals surface area contributed by atoms with E-state index in [1.54, 1.807) is 7.05 Å². The summed E-state index contributed by atoms with van der Waals surface area (Å²) < 4.78 is 39.9. The van der Waals surface area contributed by atoms with Gasteiger partial charge in [0.2, 0.25) is 10.0 Å². The molecule has 0 N–H and O–H groups in total. The van der Waals surface area contributed by atoms with Crippen molar-refractivity contribution >= 4 is 10.0 Å². The Labute approximate surface area is 93.9 Å². The Kier molecular flexibility index (Phi) is 2.98.